The van der Waals surface area contributed by atoms with Gasteiger partial charge in [0.2, 0.25) is 8.32 Å². The lowest BCUT2D eigenvalue weighted by atomic mass is 9.72. The van der Waals surface area contributed by atoms with Crippen LogP contribution in [-0.4, -0.2) is 87.2 Å². The number of esters is 4. The van der Waals surface area contributed by atoms with Gasteiger partial charge in [-0.3, -0.25) is 28.8 Å². The Morgan fingerprint density at radius 1 is 0.829 bits per heavy atom. The highest BCUT2D eigenvalue weighted by Crippen LogP contribution is 2.39. The Labute approximate surface area is 238 Å². The zero-order chi connectivity index (χ0) is 30.6. The third kappa shape index (κ3) is 8.56. The Hall–Kier alpha value is -3.36. The lowest BCUT2D eigenvalue weighted by molar-refractivity contribution is -0.316. The summed E-state index contributed by atoms with van der Waals surface area (Å²) >= 11 is 0. The van der Waals surface area contributed by atoms with Crippen molar-refractivity contribution in [1.29, 1.82) is 0 Å². The van der Waals surface area contributed by atoms with Gasteiger partial charge in [0, 0.05) is 40.0 Å². The van der Waals surface area contributed by atoms with Crippen LogP contribution in [0.4, 0.5) is 0 Å². The predicted molar refractivity (Wildman–Crippen MR) is 140 cm³/mol. The van der Waals surface area contributed by atoms with Crippen LogP contribution in [0.2, 0.25) is 19.6 Å². The van der Waals surface area contributed by atoms with Gasteiger partial charge in [-0.1, -0.05) is 0 Å². The van der Waals surface area contributed by atoms with E-state index >= 15 is 0 Å². The van der Waals surface area contributed by atoms with E-state index in [1.54, 1.807) is 6.08 Å². The maximum atomic E-state index is 13.0. The Morgan fingerprint density at radius 3 is 1.95 bits per heavy atom. The quantitative estimate of drug-likeness (QED) is 0.214. The number of hydrogen-bond acceptors (Lipinski definition) is 13. The molecule has 0 spiro atoms. The van der Waals surface area contributed by atoms with Crippen molar-refractivity contribution in [2.45, 2.75) is 90.6 Å². The van der Waals surface area contributed by atoms with Gasteiger partial charge in [-0.2, -0.15) is 0 Å². The Balaban J connectivity index is 2.07. The Bertz CT molecular complexity index is 1140. The molecule has 0 saturated carbocycles. The normalized spacial score (nSPS) is 31.3. The van der Waals surface area contributed by atoms with E-state index in [9.17, 15) is 28.8 Å². The molecule has 1 aliphatic heterocycles. The molecule has 14 heteroatoms. The van der Waals surface area contributed by atoms with Crippen molar-refractivity contribution in [1.82, 2.24) is 0 Å². The van der Waals surface area contributed by atoms with E-state index < -0.39 is 87.4 Å². The van der Waals surface area contributed by atoms with Gasteiger partial charge in [-0.25, -0.2) is 0 Å². The van der Waals surface area contributed by atoms with Gasteiger partial charge in [-0.15, -0.1) is 0 Å². The van der Waals surface area contributed by atoms with E-state index in [4.69, 9.17) is 32.8 Å². The first-order valence-corrected chi connectivity index (χ1v) is 16.6. The molecule has 13 nitrogen and oxygen atoms in total. The van der Waals surface area contributed by atoms with Crippen molar-refractivity contribution < 1.29 is 61.6 Å². The second-order valence-electron chi connectivity index (χ2n) is 11.0. The van der Waals surface area contributed by atoms with E-state index in [-0.39, 0.29) is 18.0 Å². The minimum atomic E-state index is -2.14. The summed E-state index contributed by atoms with van der Waals surface area (Å²) in [5.74, 6) is -4.88. The highest BCUT2D eigenvalue weighted by atomic mass is 28.4. The average Bonchev–Trinajstić information content (AvgIpc) is 2.82. The zero-order valence-corrected chi connectivity index (χ0v) is 25.1. The molecular formula is C27H36O13Si. The molecule has 0 radical (unpaired) electrons. The van der Waals surface area contributed by atoms with Crippen molar-refractivity contribution in [3.05, 3.63) is 24.0 Å². The van der Waals surface area contributed by atoms with Crippen LogP contribution in [0.5, 0.6) is 0 Å². The van der Waals surface area contributed by atoms with E-state index in [0.717, 1.165) is 27.7 Å². The number of hydrogen-bond donors (Lipinski definition) is 0. The maximum Gasteiger partial charge on any atom is 0.303 e. The molecule has 3 aliphatic rings. The molecule has 0 aromatic carbocycles. The number of carbonyl (C=O) groups excluding carboxylic acids is 6. The van der Waals surface area contributed by atoms with Crippen LogP contribution in [0.3, 0.4) is 0 Å². The molecule has 1 saturated heterocycles. The first-order valence-electron chi connectivity index (χ1n) is 13.2. The fourth-order valence-corrected chi connectivity index (χ4v) is 5.95. The topological polar surface area (TPSA) is 167 Å². The third-order valence-electron chi connectivity index (χ3n) is 6.34. The largest absolute Gasteiger partial charge is 0.547 e. The molecule has 0 N–H and O–H groups in total. The molecule has 41 heavy (non-hydrogen) atoms. The summed E-state index contributed by atoms with van der Waals surface area (Å²) in [6.07, 6.45) is -3.90. The fourth-order valence-electron chi connectivity index (χ4n) is 5.01. The van der Waals surface area contributed by atoms with Crippen molar-refractivity contribution >= 4 is 43.8 Å². The van der Waals surface area contributed by atoms with Crippen molar-refractivity contribution in [3.8, 4) is 0 Å². The van der Waals surface area contributed by atoms with Crippen LogP contribution < -0.4 is 0 Å². The molecule has 0 aromatic heterocycles. The van der Waals surface area contributed by atoms with E-state index in [1.807, 2.05) is 19.6 Å². The third-order valence-corrected chi connectivity index (χ3v) is 7.22. The molecule has 1 heterocycles. The Kier molecular flexibility index (Phi) is 10.3. The molecule has 3 rings (SSSR count). The first-order chi connectivity index (χ1) is 19.1. The molecule has 8 atom stereocenters. The average molecular weight is 597 g/mol. The predicted octanol–water partition coefficient (Wildman–Crippen LogP) is 1.53. The fraction of sp³-hybridized carbons (Fsp3) is 0.630. The van der Waals surface area contributed by atoms with Crippen LogP contribution >= 0.6 is 0 Å². The molecule has 1 fully saturated rings. The zero-order valence-electron chi connectivity index (χ0n) is 24.1. The van der Waals surface area contributed by atoms with Crippen LogP contribution in [0.25, 0.3) is 0 Å². The summed E-state index contributed by atoms with van der Waals surface area (Å²) in [7, 11) is -2.14. The standard InChI is InChI=1S/C27H36O13Si/c1-13(28)34-12-22-24(35-14(2)29)25(36-15(3)30)26(37-16(4)31)27(39-22)38-21-11-17(40-41(5,6)7)10-18-19(32)8-9-20(33)23(18)21/h8-9,11,18,21-27H,10,12H2,1-7H3/t18-,21-,22+,23-,24+,25-,26+,27+/m1/s1. The first kappa shape index (κ1) is 32.2. The van der Waals surface area contributed by atoms with Gasteiger partial charge >= 0.3 is 23.9 Å². The van der Waals surface area contributed by atoms with Gasteiger partial charge < -0.3 is 32.8 Å². The number of ether oxygens (including phenoxy) is 6. The number of ketones is 2. The van der Waals surface area contributed by atoms with Crippen LogP contribution in [0.15, 0.2) is 24.0 Å². The van der Waals surface area contributed by atoms with E-state index in [1.165, 1.54) is 12.2 Å². The minimum absolute atomic E-state index is 0.197. The number of carbonyl (C=O) groups is 6. The van der Waals surface area contributed by atoms with Crippen molar-refractivity contribution in [2.75, 3.05) is 6.61 Å². The molecule has 0 unspecified atom stereocenters. The van der Waals surface area contributed by atoms with Crippen molar-refractivity contribution in [3.63, 3.8) is 0 Å². The number of rotatable bonds is 9. The number of allylic oxidation sites excluding steroid dienone is 3. The highest BCUT2D eigenvalue weighted by molar-refractivity contribution is 6.70. The second-order valence-corrected chi connectivity index (χ2v) is 15.4. The summed E-state index contributed by atoms with van der Waals surface area (Å²) in [6, 6.07) is 0. The molecule has 0 aromatic rings. The van der Waals surface area contributed by atoms with Crippen LogP contribution in [0, 0.1) is 11.8 Å². The molecular weight excluding hydrogens is 560 g/mol. The molecule has 0 amide bonds. The SMILES string of the molecule is CC(=O)OC[C@@H]1O[C@H](O[C@@H]2C=C(O[Si](C)(C)C)C[C@@H]3C(=O)C=CC(=O)[C@@H]32)[C@@H](OC(C)=O)[C@H](OC(C)=O)[C@H]1OC(C)=O. The van der Waals surface area contributed by atoms with Gasteiger partial charge in [0.05, 0.1) is 17.8 Å². The molecule has 226 valence electrons. The van der Waals surface area contributed by atoms with Gasteiger partial charge in [0.1, 0.15) is 12.7 Å². The molecule has 2 aliphatic carbocycles. The van der Waals surface area contributed by atoms with Gasteiger partial charge in [0.15, 0.2) is 36.2 Å². The summed E-state index contributed by atoms with van der Waals surface area (Å²) in [5.41, 5.74) is 0. The monoisotopic (exact) mass is 596 g/mol. The summed E-state index contributed by atoms with van der Waals surface area (Å²) in [5, 5.41) is 0. The van der Waals surface area contributed by atoms with E-state index in [0.29, 0.717) is 5.76 Å². The summed E-state index contributed by atoms with van der Waals surface area (Å²) < 4.78 is 39.8. The van der Waals surface area contributed by atoms with E-state index in [2.05, 4.69) is 0 Å². The molecule has 0 bridgehead atoms. The smallest absolute Gasteiger partial charge is 0.303 e. The maximum absolute atomic E-state index is 13.0. The minimum Gasteiger partial charge on any atom is -0.547 e. The van der Waals surface area contributed by atoms with Crippen LogP contribution in [0.1, 0.15) is 34.1 Å². The second kappa shape index (κ2) is 13.1. The highest BCUT2D eigenvalue weighted by Gasteiger charge is 2.55. The summed E-state index contributed by atoms with van der Waals surface area (Å²) in [6.45, 7) is 9.94. The van der Waals surface area contributed by atoms with Gasteiger partial charge in [-0.05, 0) is 37.9 Å². The lowest BCUT2D eigenvalue weighted by Crippen LogP contribution is -2.63. The van der Waals surface area contributed by atoms with Crippen molar-refractivity contribution in [2.24, 2.45) is 11.8 Å². The van der Waals surface area contributed by atoms with Gasteiger partial charge in [0.25, 0.3) is 0 Å². The van der Waals surface area contributed by atoms with Crippen LogP contribution in [-0.2, 0) is 61.6 Å². The lowest BCUT2D eigenvalue weighted by Gasteiger charge is -2.46. The Morgan fingerprint density at radius 2 is 1.39 bits per heavy atom. The summed E-state index contributed by atoms with van der Waals surface area (Å²) in [4.78, 5) is 73.7. The number of fused-ring (bicyclic) bond motifs is 1.